The number of carboxylic acids is 1. The van der Waals surface area contributed by atoms with Gasteiger partial charge in [-0.15, -0.1) is 0 Å². The maximum Gasteiger partial charge on any atom is 0.329 e. The van der Waals surface area contributed by atoms with Gasteiger partial charge in [-0.1, -0.05) is 31.3 Å². The molecule has 6 heteroatoms. The van der Waals surface area contributed by atoms with Crippen molar-refractivity contribution in [2.75, 3.05) is 0 Å². The third-order valence-corrected chi connectivity index (χ3v) is 4.57. The standard InChI is InChI=1S/C16H24N2O4/c1-10(14-11(2)18-22-12(14)3)9-13(19)17-16(15(20)21)7-5-4-6-8-16/h10H,4-9H2,1-3H3,(H,17,19)(H,20,21). The van der Waals surface area contributed by atoms with E-state index in [9.17, 15) is 14.7 Å². The summed E-state index contributed by atoms with van der Waals surface area (Å²) in [7, 11) is 0. The quantitative estimate of drug-likeness (QED) is 0.872. The summed E-state index contributed by atoms with van der Waals surface area (Å²) in [4.78, 5) is 23.9. The van der Waals surface area contributed by atoms with E-state index in [4.69, 9.17) is 4.52 Å². The van der Waals surface area contributed by atoms with Crippen LogP contribution >= 0.6 is 0 Å². The maximum atomic E-state index is 12.3. The molecule has 0 spiro atoms. The Bertz CT molecular complexity index is 539. The van der Waals surface area contributed by atoms with Crippen molar-refractivity contribution in [2.45, 2.75) is 70.8 Å². The Labute approximate surface area is 130 Å². The van der Waals surface area contributed by atoms with Crippen molar-refractivity contribution in [2.24, 2.45) is 0 Å². The topological polar surface area (TPSA) is 92.4 Å². The van der Waals surface area contributed by atoms with Crippen LogP contribution in [0.25, 0.3) is 0 Å². The summed E-state index contributed by atoms with van der Waals surface area (Å²) in [6.07, 6.45) is 3.96. The number of hydrogen-bond acceptors (Lipinski definition) is 4. The van der Waals surface area contributed by atoms with E-state index in [1.807, 2.05) is 20.8 Å². The minimum Gasteiger partial charge on any atom is -0.480 e. The Morgan fingerprint density at radius 2 is 1.95 bits per heavy atom. The van der Waals surface area contributed by atoms with Crippen LogP contribution in [0.1, 0.15) is 68.4 Å². The summed E-state index contributed by atoms with van der Waals surface area (Å²) in [5.74, 6) is -0.494. The number of hydrogen-bond donors (Lipinski definition) is 2. The second-order valence-electron chi connectivity index (χ2n) is 6.34. The lowest BCUT2D eigenvalue weighted by Gasteiger charge is -2.34. The first-order chi connectivity index (χ1) is 10.4. The maximum absolute atomic E-state index is 12.3. The number of carboxylic acid groups (broad SMARTS) is 1. The Balaban J connectivity index is 2.04. The van der Waals surface area contributed by atoms with Gasteiger partial charge in [0.1, 0.15) is 11.3 Å². The molecule has 1 aliphatic rings. The first-order valence-electron chi connectivity index (χ1n) is 7.83. The summed E-state index contributed by atoms with van der Waals surface area (Å²) in [6, 6.07) is 0. The van der Waals surface area contributed by atoms with E-state index in [1.165, 1.54) is 0 Å². The van der Waals surface area contributed by atoms with E-state index >= 15 is 0 Å². The van der Waals surface area contributed by atoms with Crippen molar-refractivity contribution in [1.29, 1.82) is 0 Å². The van der Waals surface area contributed by atoms with E-state index in [1.54, 1.807) is 0 Å². The lowest BCUT2D eigenvalue weighted by molar-refractivity contribution is -0.149. The molecule has 1 amide bonds. The molecule has 2 rings (SSSR count). The molecule has 1 fully saturated rings. The molecule has 0 radical (unpaired) electrons. The molecular weight excluding hydrogens is 284 g/mol. The van der Waals surface area contributed by atoms with Gasteiger partial charge in [0.25, 0.3) is 0 Å². The fourth-order valence-electron chi connectivity index (χ4n) is 3.44. The zero-order valence-electron chi connectivity index (χ0n) is 13.4. The first kappa shape index (κ1) is 16.5. The number of aliphatic carboxylic acids is 1. The molecule has 1 saturated carbocycles. The summed E-state index contributed by atoms with van der Waals surface area (Å²) < 4.78 is 5.13. The molecule has 2 N–H and O–H groups in total. The predicted molar refractivity (Wildman–Crippen MR) is 80.6 cm³/mol. The van der Waals surface area contributed by atoms with Crippen molar-refractivity contribution in [3.05, 3.63) is 17.0 Å². The van der Waals surface area contributed by atoms with Gasteiger partial charge in [0.15, 0.2) is 0 Å². The van der Waals surface area contributed by atoms with Crippen LogP contribution in [-0.4, -0.2) is 27.7 Å². The zero-order valence-corrected chi connectivity index (χ0v) is 13.4. The van der Waals surface area contributed by atoms with Crippen molar-refractivity contribution >= 4 is 11.9 Å². The third-order valence-electron chi connectivity index (χ3n) is 4.57. The van der Waals surface area contributed by atoms with Crippen LogP contribution < -0.4 is 5.32 Å². The lowest BCUT2D eigenvalue weighted by atomic mass is 9.81. The Kier molecular flexibility index (Phi) is 4.88. The molecule has 1 aromatic heterocycles. The zero-order chi connectivity index (χ0) is 16.3. The Hall–Kier alpha value is -1.85. The Morgan fingerprint density at radius 3 is 2.45 bits per heavy atom. The first-order valence-corrected chi connectivity index (χ1v) is 7.83. The summed E-state index contributed by atoms with van der Waals surface area (Å²) in [6.45, 7) is 5.60. The molecule has 1 heterocycles. The van der Waals surface area contributed by atoms with Crippen molar-refractivity contribution in [3.63, 3.8) is 0 Å². The van der Waals surface area contributed by atoms with Gasteiger partial charge in [-0.05, 0) is 32.6 Å². The van der Waals surface area contributed by atoms with E-state index < -0.39 is 11.5 Å². The number of nitrogens with zero attached hydrogens (tertiary/aromatic N) is 1. The number of nitrogens with one attached hydrogen (secondary N) is 1. The Morgan fingerprint density at radius 1 is 1.32 bits per heavy atom. The monoisotopic (exact) mass is 308 g/mol. The average Bonchev–Trinajstić information content (AvgIpc) is 2.78. The van der Waals surface area contributed by atoms with E-state index in [0.717, 1.165) is 30.5 Å². The van der Waals surface area contributed by atoms with Crippen LogP contribution in [0.4, 0.5) is 0 Å². The molecular formula is C16H24N2O4. The number of amides is 1. The molecule has 122 valence electrons. The highest BCUT2D eigenvalue weighted by atomic mass is 16.5. The highest BCUT2D eigenvalue weighted by Gasteiger charge is 2.41. The molecule has 1 aromatic rings. The molecule has 1 aliphatic carbocycles. The highest BCUT2D eigenvalue weighted by Crippen LogP contribution is 2.30. The predicted octanol–water partition coefficient (Wildman–Crippen LogP) is 2.69. The van der Waals surface area contributed by atoms with Crippen LogP contribution in [-0.2, 0) is 9.59 Å². The van der Waals surface area contributed by atoms with Gasteiger partial charge in [0.2, 0.25) is 5.91 Å². The third kappa shape index (κ3) is 3.31. The van der Waals surface area contributed by atoms with Crippen LogP contribution in [0.15, 0.2) is 4.52 Å². The number of aryl methyl sites for hydroxylation is 2. The molecule has 1 atom stereocenters. The number of carbonyl (C=O) groups excluding carboxylic acids is 1. The molecule has 6 nitrogen and oxygen atoms in total. The van der Waals surface area contributed by atoms with Gasteiger partial charge in [0.05, 0.1) is 5.69 Å². The van der Waals surface area contributed by atoms with Gasteiger partial charge in [-0.25, -0.2) is 4.79 Å². The second kappa shape index (κ2) is 6.50. The van der Waals surface area contributed by atoms with Crippen LogP contribution in [0.2, 0.25) is 0 Å². The summed E-state index contributed by atoms with van der Waals surface area (Å²) >= 11 is 0. The molecule has 1 unspecified atom stereocenters. The summed E-state index contributed by atoms with van der Waals surface area (Å²) in [5, 5.41) is 16.2. The minimum absolute atomic E-state index is 0.0549. The average molecular weight is 308 g/mol. The molecule has 0 bridgehead atoms. The fourth-order valence-corrected chi connectivity index (χ4v) is 3.44. The molecule has 22 heavy (non-hydrogen) atoms. The number of rotatable bonds is 5. The molecule has 0 aromatic carbocycles. The van der Waals surface area contributed by atoms with E-state index in [0.29, 0.717) is 18.6 Å². The molecule has 0 aliphatic heterocycles. The van der Waals surface area contributed by atoms with Gasteiger partial charge in [-0.3, -0.25) is 4.79 Å². The van der Waals surface area contributed by atoms with Crippen molar-refractivity contribution in [1.82, 2.24) is 10.5 Å². The van der Waals surface area contributed by atoms with Gasteiger partial charge in [-0.2, -0.15) is 0 Å². The van der Waals surface area contributed by atoms with Crippen LogP contribution in [0.3, 0.4) is 0 Å². The smallest absolute Gasteiger partial charge is 0.329 e. The largest absolute Gasteiger partial charge is 0.480 e. The fraction of sp³-hybridized carbons (Fsp3) is 0.688. The highest BCUT2D eigenvalue weighted by molar-refractivity contribution is 5.87. The second-order valence-corrected chi connectivity index (χ2v) is 6.34. The van der Waals surface area contributed by atoms with Gasteiger partial charge < -0.3 is 14.9 Å². The van der Waals surface area contributed by atoms with Crippen LogP contribution in [0, 0.1) is 13.8 Å². The van der Waals surface area contributed by atoms with Gasteiger partial charge in [0, 0.05) is 12.0 Å². The SMILES string of the molecule is Cc1noc(C)c1C(C)CC(=O)NC1(C(=O)O)CCCCC1. The minimum atomic E-state index is -1.09. The summed E-state index contributed by atoms with van der Waals surface area (Å²) in [5.41, 5.74) is 0.625. The van der Waals surface area contributed by atoms with Crippen molar-refractivity contribution < 1.29 is 19.2 Å². The van der Waals surface area contributed by atoms with Crippen molar-refractivity contribution in [3.8, 4) is 0 Å². The van der Waals surface area contributed by atoms with Gasteiger partial charge >= 0.3 is 5.97 Å². The lowest BCUT2D eigenvalue weighted by Crippen LogP contribution is -2.55. The van der Waals surface area contributed by atoms with Crippen LogP contribution in [0.5, 0.6) is 0 Å². The normalized spacial score (nSPS) is 18.7. The molecule has 0 saturated heterocycles. The van der Waals surface area contributed by atoms with E-state index in [-0.39, 0.29) is 18.2 Å². The number of carbonyl (C=O) groups is 2. The number of aromatic nitrogens is 1. The van der Waals surface area contributed by atoms with E-state index in [2.05, 4.69) is 10.5 Å².